The lowest BCUT2D eigenvalue weighted by molar-refractivity contribution is -0.384. The fourth-order valence-corrected chi connectivity index (χ4v) is 1.94. The minimum atomic E-state index is -0.618. The Kier molecular flexibility index (Phi) is 4.26. The van der Waals surface area contributed by atoms with Gasteiger partial charge in [-0.2, -0.15) is 0 Å². The number of hydrogen-bond donors (Lipinski definition) is 0. The molecule has 0 atom stereocenters. The number of hydrogen-bond acceptors (Lipinski definition) is 4. The fraction of sp³-hybridized carbons (Fsp3) is 0.235. The van der Waals surface area contributed by atoms with Crippen molar-refractivity contribution in [2.24, 2.45) is 0 Å². The van der Waals surface area contributed by atoms with Crippen LogP contribution < -0.4 is 4.74 Å². The smallest absolute Gasteiger partial charge is 0.343 e. The van der Waals surface area contributed by atoms with E-state index in [0.29, 0.717) is 5.75 Å². The van der Waals surface area contributed by atoms with Crippen LogP contribution >= 0.6 is 0 Å². The third-order valence-electron chi connectivity index (χ3n) is 3.22. The second-order valence-corrected chi connectivity index (χ2v) is 5.97. The topological polar surface area (TPSA) is 69.4 Å². The first-order chi connectivity index (χ1) is 10.3. The van der Waals surface area contributed by atoms with Crippen molar-refractivity contribution in [3.63, 3.8) is 0 Å². The van der Waals surface area contributed by atoms with E-state index in [0.717, 1.165) is 5.56 Å². The second-order valence-electron chi connectivity index (χ2n) is 5.97. The number of ether oxygens (including phenoxy) is 1. The van der Waals surface area contributed by atoms with Crippen LogP contribution in [0.1, 0.15) is 36.7 Å². The normalized spacial score (nSPS) is 11.0. The van der Waals surface area contributed by atoms with Gasteiger partial charge in [0.05, 0.1) is 10.5 Å². The average Bonchev–Trinajstić information content (AvgIpc) is 2.47. The van der Waals surface area contributed by atoms with E-state index in [2.05, 4.69) is 20.8 Å². The summed E-state index contributed by atoms with van der Waals surface area (Å²) in [4.78, 5) is 22.2. The summed E-state index contributed by atoms with van der Waals surface area (Å²) in [5.41, 5.74) is 1.15. The van der Waals surface area contributed by atoms with Crippen LogP contribution in [0.15, 0.2) is 48.5 Å². The van der Waals surface area contributed by atoms with Crippen molar-refractivity contribution >= 4 is 11.7 Å². The molecule has 0 saturated heterocycles. The molecule has 0 bridgehead atoms. The van der Waals surface area contributed by atoms with Gasteiger partial charge in [0.2, 0.25) is 0 Å². The van der Waals surface area contributed by atoms with E-state index in [1.54, 1.807) is 12.1 Å². The summed E-state index contributed by atoms with van der Waals surface area (Å²) >= 11 is 0. The van der Waals surface area contributed by atoms with Crippen LogP contribution in [0.2, 0.25) is 0 Å². The van der Waals surface area contributed by atoms with E-state index in [1.807, 2.05) is 12.1 Å². The molecule has 0 heterocycles. The van der Waals surface area contributed by atoms with Crippen LogP contribution in [-0.2, 0) is 5.41 Å². The van der Waals surface area contributed by atoms with Gasteiger partial charge in [0.1, 0.15) is 5.75 Å². The fourth-order valence-electron chi connectivity index (χ4n) is 1.94. The molecule has 0 aliphatic carbocycles. The van der Waals surface area contributed by atoms with E-state index in [-0.39, 0.29) is 16.7 Å². The van der Waals surface area contributed by atoms with Gasteiger partial charge in [0.25, 0.3) is 5.69 Å². The molecule has 0 saturated carbocycles. The van der Waals surface area contributed by atoms with Crippen LogP contribution in [0.3, 0.4) is 0 Å². The average molecular weight is 299 g/mol. The Hall–Kier alpha value is -2.69. The third-order valence-corrected chi connectivity index (χ3v) is 3.22. The maximum absolute atomic E-state index is 12.0. The Morgan fingerprint density at radius 3 is 2.27 bits per heavy atom. The van der Waals surface area contributed by atoms with E-state index < -0.39 is 10.9 Å². The molecule has 0 amide bonds. The van der Waals surface area contributed by atoms with Crippen molar-refractivity contribution < 1.29 is 14.5 Å². The largest absolute Gasteiger partial charge is 0.423 e. The summed E-state index contributed by atoms with van der Waals surface area (Å²) in [5.74, 6) is -0.211. The van der Waals surface area contributed by atoms with Crippen LogP contribution in [-0.4, -0.2) is 10.9 Å². The zero-order valence-electron chi connectivity index (χ0n) is 12.7. The predicted molar refractivity (Wildman–Crippen MR) is 83.2 cm³/mol. The Morgan fingerprint density at radius 2 is 1.73 bits per heavy atom. The summed E-state index contributed by atoms with van der Waals surface area (Å²) in [6, 6.07) is 12.7. The molecule has 22 heavy (non-hydrogen) atoms. The Balaban J connectivity index is 2.15. The van der Waals surface area contributed by atoms with Gasteiger partial charge in [-0.05, 0) is 29.2 Å². The maximum atomic E-state index is 12.0. The number of carbonyl (C=O) groups is 1. The van der Waals surface area contributed by atoms with Crippen LogP contribution in [0, 0.1) is 10.1 Å². The molecule has 0 aromatic heterocycles. The van der Waals surface area contributed by atoms with Gasteiger partial charge in [-0.3, -0.25) is 10.1 Å². The van der Waals surface area contributed by atoms with Crippen molar-refractivity contribution in [1.29, 1.82) is 0 Å². The summed E-state index contributed by atoms with van der Waals surface area (Å²) in [5, 5.41) is 10.7. The summed E-state index contributed by atoms with van der Waals surface area (Å²) in [6.07, 6.45) is 0. The molecule has 114 valence electrons. The highest BCUT2D eigenvalue weighted by Crippen LogP contribution is 2.24. The number of benzene rings is 2. The number of non-ortho nitro benzene ring substituents is 1. The Labute approximate surface area is 128 Å². The number of rotatable bonds is 3. The van der Waals surface area contributed by atoms with Crippen molar-refractivity contribution in [3.8, 4) is 5.75 Å². The molecule has 0 fully saturated rings. The van der Waals surface area contributed by atoms with Gasteiger partial charge in [0, 0.05) is 12.1 Å². The Morgan fingerprint density at radius 1 is 1.09 bits per heavy atom. The number of esters is 1. The molecule has 5 nitrogen and oxygen atoms in total. The van der Waals surface area contributed by atoms with E-state index in [9.17, 15) is 14.9 Å². The van der Waals surface area contributed by atoms with Crippen LogP contribution in [0.4, 0.5) is 5.69 Å². The lowest BCUT2D eigenvalue weighted by Gasteiger charge is -2.18. The predicted octanol–water partition coefficient (Wildman–Crippen LogP) is 4.11. The molecular formula is C17H17NO4. The van der Waals surface area contributed by atoms with E-state index in [4.69, 9.17) is 4.74 Å². The zero-order chi connectivity index (χ0) is 16.3. The lowest BCUT2D eigenvalue weighted by Crippen LogP contribution is -2.12. The first kappa shape index (κ1) is 15.7. The SMILES string of the molecule is CC(C)(C)c1ccc(OC(=O)c2cccc([N+](=O)[O-])c2)cc1. The molecule has 2 aromatic carbocycles. The number of carbonyl (C=O) groups excluding carboxylic acids is 1. The van der Waals surface area contributed by atoms with Crippen molar-refractivity contribution in [3.05, 3.63) is 69.8 Å². The lowest BCUT2D eigenvalue weighted by atomic mass is 9.87. The van der Waals surface area contributed by atoms with Crippen LogP contribution in [0.5, 0.6) is 5.75 Å². The highest BCUT2D eigenvalue weighted by molar-refractivity contribution is 5.91. The first-order valence-corrected chi connectivity index (χ1v) is 6.84. The van der Waals surface area contributed by atoms with Gasteiger partial charge in [-0.15, -0.1) is 0 Å². The quantitative estimate of drug-likeness (QED) is 0.370. The molecule has 0 aliphatic rings. The van der Waals surface area contributed by atoms with E-state index in [1.165, 1.54) is 24.3 Å². The maximum Gasteiger partial charge on any atom is 0.343 e. The summed E-state index contributed by atoms with van der Waals surface area (Å²) < 4.78 is 5.24. The van der Waals surface area contributed by atoms with Gasteiger partial charge >= 0.3 is 5.97 Å². The standard InChI is InChI=1S/C17H17NO4/c1-17(2,3)13-7-9-15(10-8-13)22-16(19)12-5-4-6-14(11-12)18(20)21/h4-11H,1-3H3. The third kappa shape index (κ3) is 3.69. The highest BCUT2D eigenvalue weighted by Gasteiger charge is 2.15. The Bertz CT molecular complexity index is 699. The molecule has 0 aliphatic heterocycles. The van der Waals surface area contributed by atoms with Gasteiger partial charge in [-0.1, -0.05) is 39.0 Å². The van der Waals surface area contributed by atoms with Gasteiger partial charge in [-0.25, -0.2) is 4.79 Å². The minimum absolute atomic E-state index is 0.0164. The number of nitro groups is 1. The van der Waals surface area contributed by atoms with Gasteiger partial charge < -0.3 is 4.74 Å². The monoisotopic (exact) mass is 299 g/mol. The molecule has 0 N–H and O–H groups in total. The summed E-state index contributed by atoms with van der Waals surface area (Å²) in [6.45, 7) is 6.28. The molecule has 0 unspecified atom stereocenters. The number of nitro benzene ring substituents is 1. The van der Waals surface area contributed by atoms with Crippen LogP contribution in [0.25, 0.3) is 0 Å². The molecule has 0 radical (unpaired) electrons. The van der Waals surface area contributed by atoms with E-state index >= 15 is 0 Å². The highest BCUT2D eigenvalue weighted by atomic mass is 16.6. The molecule has 5 heteroatoms. The summed E-state index contributed by atoms with van der Waals surface area (Å²) in [7, 11) is 0. The molecule has 2 rings (SSSR count). The number of nitrogens with zero attached hydrogens (tertiary/aromatic N) is 1. The second kappa shape index (κ2) is 5.97. The van der Waals surface area contributed by atoms with Crippen molar-refractivity contribution in [2.45, 2.75) is 26.2 Å². The van der Waals surface area contributed by atoms with Crippen molar-refractivity contribution in [1.82, 2.24) is 0 Å². The van der Waals surface area contributed by atoms with Gasteiger partial charge in [0.15, 0.2) is 0 Å². The molecule has 2 aromatic rings. The zero-order valence-corrected chi connectivity index (χ0v) is 12.7. The minimum Gasteiger partial charge on any atom is -0.423 e. The molecule has 0 spiro atoms. The first-order valence-electron chi connectivity index (χ1n) is 6.84. The molecular weight excluding hydrogens is 282 g/mol. The van der Waals surface area contributed by atoms with Crippen molar-refractivity contribution in [2.75, 3.05) is 0 Å².